The lowest BCUT2D eigenvalue weighted by atomic mass is 10.2. The van der Waals surface area contributed by atoms with E-state index in [4.69, 9.17) is 11.5 Å². The minimum Gasteiger partial charge on any atom is -0.391 e. The summed E-state index contributed by atoms with van der Waals surface area (Å²) in [5, 5.41) is 0. The average Bonchev–Trinajstić information content (AvgIpc) is 2.04. The Balaban J connectivity index is 3.93. The molecule has 0 fully saturated rings. The van der Waals surface area contributed by atoms with E-state index in [1.54, 1.807) is 0 Å². The highest BCUT2D eigenvalue weighted by Gasteiger charge is 2.19. The van der Waals surface area contributed by atoms with Crippen molar-refractivity contribution in [3.63, 3.8) is 0 Å². The van der Waals surface area contributed by atoms with Gasteiger partial charge in [-0.25, -0.2) is 9.59 Å². The first kappa shape index (κ1) is 12.4. The summed E-state index contributed by atoms with van der Waals surface area (Å²) in [6, 6.07) is -1.62. The van der Waals surface area contributed by atoms with Gasteiger partial charge in [-0.05, 0) is 19.1 Å². The molecule has 2 atom stereocenters. The molecular weight excluding hydrogens is 192 g/mol. The van der Waals surface area contributed by atoms with Gasteiger partial charge >= 0.3 is 11.9 Å². The van der Waals surface area contributed by atoms with E-state index in [9.17, 15) is 9.59 Å². The zero-order valence-electron chi connectivity index (χ0n) is 7.40. The van der Waals surface area contributed by atoms with E-state index >= 15 is 0 Å². The van der Waals surface area contributed by atoms with Gasteiger partial charge in [0.05, 0.1) is 0 Å². The second-order valence-corrected chi connectivity index (χ2v) is 3.09. The Morgan fingerprint density at radius 2 is 1.92 bits per heavy atom. The molecular formula is C7H14N2O3S. The van der Waals surface area contributed by atoms with Gasteiger partial charge in [0, 0.05) is 0 Å². The topological polar surface area (TPSA) is 95.4 Å². The van der Waals surface area contributed by atoms with Crippen LogP contribution in [0.15, 0.2) is 0 Å². The first-order valence-electron chi connectivity index (χ1n) is 3.86. The predicted octanol–water partition coefficient (Wildman–Crippen LogP) is -0.949. The zero-order valence-corrected chi connectivity index (χ0v) is 8.29. The summed E-state index contributed by atoms with van der Waals surface area (Å²) in [7, 11) is 0. The second-order valence-electron chi connectivity index (χ2n) is 2.65. The highest BCUT2D eigenvalue weighted by molar-refractivity contribution is 7.80. The fraction of sp³-hybridized carbons (Fsp3) is 0.714. The van der Waals surface area contributed by atoms with E-state index in [1.807, 2.05) is 0 Å². The molecule has 0 saturated carbocycles. The highest BCUT2D eigenvalue weighted by Crippen LogP contribution is 1.95. The monoisotopic (exact) mass is 206 g/mol. The number of carbonyl (C=O) groups excluding carboxylic acids is 2. The maximum absolute atomic E-state index is 11.0. The molecule has 0 aliphatic heterocycles. The summed E-state index contributed by atoms with van der Waals surface area (Å²) in [6.07, 6.45) is 0.369. The first-order valence-corrected chi connectivity index (χ1v) is 4.49. The average molecular weight is 206 g/mol. The molecule has 0 aromatic rings. The summed E-state index contributed by atoms with van der Waals surface area (Å²) < 4.78 is 4.36. The Morgan fingerprint density at radius 1 is 1.38 bits per heavy atom. The molecule has 0 unspecified atom stereocenters. The second kappa shape index (κ2) is 5.95. The van der Waals surface area contributed by atoms with Crippen LogP contribution in [0, 0.1) is 0 Å². The largest absolute Gasteiger partial charge is 0.391 e. The summed E-state index contributed by atoms with van der Waals surface area (Å²) >= 11 is 3.89. The molecule has 0 aliphatic carbocycles. The van der Waals surface area contributed by atoms with Crippen LogP contribution in [0.3, 0.4) is 0 Å². The standard InChI is InChI=1S/C7H14N2O3S/c1-4(8)6(10)12-7(11)5(9)2-3-13/h4-5,13H,2-3,8-9H2,1H3/t4-,5+/m0/s1. The van der Waals surface area contributed by atoms with Crippen LogP contribution < -0.4 is 11.5 Å². The number of esters is 2. The Hall–Kier alpha value is -0.590. The van der Waals surface area contributed by atoms with Gasteiger partial charge in [-0.2, -0.15) is 12.6 Å². The van der Waals surface area contributed by atoms with Crippen LogP contribution in [0.25, 0.3) is 0 Å². The summed E-state index contributed by atoms with van der Waals surface area (Å²) in [6.45, 7) is 1.43. The van der Waals surface area contributed by atoms with Gasteiger partial charge < -0.3 is 16.2 Å². The molecule has 76 valence electrons. The number of carbonyl (C=O) groups is 2. The molecule has 13 heavy (non-hydrogen) atoms. The van der Waals surface area contributed by atoms with Crippen LogP contribution in [0.1, 0.15) is 13.3 Å². The van der Waals surface area contributed by atoms with E-state index in [-0.39, 0.29) is 0 Å². The lowest BCUT2D eigenvalue weighted by Gasteiger charge is -2.09. The lowest BCUT2D eigenvalue weighted by Crippen LogP contribution is -2.38. The fourth-order valence-corrected chi connectivity index (χ4v) is 0.803. The minimum atomic E-state index is -0.813. The van der Waals surface area contributed by atoms with Gasteiger partial charge in [-0.15, -0.1) is 0 Å². The lowest BCUT2D eigenvalue weighted by molar-refractivity contribution is -0.161. The van der Waals surface area contributed by atoms with Crippen molar-refractivity contribution in [3.8, 4) is 0 Å². The molecule has 0 aliphatic rings. The third kappa shape index (κ3) is 4.87. The third-order valence-corrected chi connectivity index (χ3v) is 1.57. The smallest absolute Gasteiger partial charge is 0.330 e. The van der Waals surface area contributed by atoms with Crippen molar-refractivity contribution in [1.82, 2.24) is 0 Å². The van der Waals surface area contributed by atoms with Gasteiger partial charge in [-0.3, -0.25) is 0 Å². The molecule has 0 heterocycles. The third-order valence-electron chi connectivity index (χ3n) is 1.32. The maximum Gasteiger partial charge on any atom is 0.330 e. The number of nitrogens with two attached hydrogens (primary N) is 2. The van der Waals surface area contributed by atoms with Gasteiger partial charge in [-0.1, -0.05) is 0 Å². The molecule has 4 N–H and O–H groups in total. The number of hydrogen-bond donors (Lipinski definition) is 3. The van der Waals surface area contributed by atoms with Crippen molar-refractivity contribution in [2.24, 2.45) is 11.5 Å². The first-order chi connectivity index (χ1) is 5.99. The summed E-state index contributed by atoms with van der Waals surface area (Å²) in [5.41, 5.74) is 10.5. The predicted molar refractivity (Wildman–Crippen MR) is 51.2 cm³/mol. The van der Waals surface area contributed by atoms with Gasteiger partial charge in [0.25, 0.3) is 0 Å². The normalized spacial score (nSPS) is 14.8. The molecule has 0 saturated heterocycles. The van der Waals surface area contributed by atoms with Crippen molar-refractivity contribution in [3.05, 3.63) is 0 Å². The van der Waals surface area contributed by atoms with E-state index in [0.717, 1.165) is 0 Å². The molecule has 0 amide bonds. The van der Waals surface area contributed by atoms with Crippen molar-refractivity contribution in [1.29, 1.82) is 0 Å². The minimum absolute atomic E-state index is 0.369. The summed E-state index contributed by atoms with van der Waals surface area (Å²) in [5.74, 6) is -1.06. The molecule has 5 nitrogen and oxygen atoms in total. The SMILES string of the molecule is C[C@H](N)C(=O)OC(=O)[C@H](N)CCS. The van der Waals surface area contributed by atoms with Crippen LogP contribution in [-0.4, -0.2) is 29.8 Å². The van der Waals surface area contributed by atoms with Gasteiger partial charge in [0.15, 0.2) is 0 Å². The van der Waals surface area contributed by atoms with Crippen LogP contribution in [0.5, 0.6) is 0 Å². The Labute approximate surface area is 82.2 Å². The van der Waals surface area contributed by atoms with Crippen molar-refractivity contribution < 1.29 is 14.3 Å². The Morgan fingerprint density at radius 3 is 2.31 bits per heavy atom. The Bertz CT molecular complexity index is 196. The van der Waals surface area contributed by atoms with E-state index in [2.05, 4.69) is 17.4 Å². The number of ether oxygens (including phenoxy) is 1. The van der Waals surface area contributed by atoms with Gasteiger partial charge in [0.1, 0.15) is 12.1 Å². The van der Waals surface area contributed by atoms with E-state index in [0.29, 0.717) is 12.2 Å². The van der Waals surface area contributed by atoms with Crippen molar-refractivity contribution in [2.45, 2.75) is 25.4 Å². The fourth-order valence-electron chi connectivity index (χ4n) is 0.525. The van der Waals surface area contributed by atoms with E-state index < -0.39 is 24.0 Å². The van der Waals surface area contributed by atoms with Crippen LogP contribution >= 0.6 is 12.6 Å². The van der Waals surface area contributed by atoms with Crippen molar-refractivity contribution in [2.75, 3.05) is 5.75 Å². The van der Waals surface area contributed by atoms with E-state index in [1.165, 1.54) is 6.92 Å². The summed E-state index contributed by atoms with van der Waals surface area (Å²) in [4.78, 5) is 21.8. The number of hydrogen-bond acceptors (Lipinski definition) is 6. The number of rotatable bonds is 4. The molecule has 0 aromatic carbocycles. The molecule has 0 rings (SSSR count). The highest BCUT2D eigenvalue weighted by atomic mass is 32.1. The van der Waals surface area contributed by atoms with Crippen molar-refractivity contribution >= 4 is 24.6 Å². The molecule has 6 heteroatoms. The molecule has 0 spiro atoms. The number of thiol groups is 1. The van der Waals surface area contributed by atoms with Gasteiger partial charge in [0.2, 0.25) is 0 Å². The Kier molecular flexibility index (Phi) is 5.68. The molecule has 0 aromatic heterocycles. The zero-order chi connectivity index (χ0) is 10.4. The molecule has 0 bridgehead atoms. The molecule has 0 radical (unpaired) electrons. The maximum atomic E-state index is 11.0. The van der Waals surface area contributed by atoms with Crippen LogP contribution in [-0.2, 0) is 14.3 Å². The van der Waals surface area contributed by atoms with Crippen LogP contribution in [0.4, 0.5) is 0 Å². The quantitative estimate of drug-likeness (QED) is 0.313. The van der Waals surface area contributed by atoms with Crippen LogP contribution in [0.2, 0.25) is 0 Å².